The molecule has 1 aliphatic heterocycles. The molecule has 19 heavy (non-hydrogen) atoms. The molecule has 1 aromatic rings. The van der Waals surface area contributed by atoms with Crippen LogP contribution >= 0.6 is 11.6 Å². The molecule has 4 heteroatoms. The molecule has 1 heterocycles. The predicted molar refractivity (Wildman–Crippen MR) is 83.2 cm³/mol. The molecule has 0 saturated carbocycles. The molecule has 106 valence electrons. The van der Waals surface area contributed by atoms with Crippen molar-refractivity contribution < 1.29 is 0 Å². The Labute approximate surface area is 121 Å². The fraction of sp³-hybridized carbons (Fsp3) is 0.600. The molecule has 0 aliphatic carbocycles. The smallest absolute Gasteiger partial charge is 0.0459 e. The van der Waals surface area contributed by atoms with Gasteiger partial charge in [-0.2, -0.15) is 0 Å². The minimum Gasteiger partial charge on any atom is -0.373 e. The molecule has 0 amide bonds. The van der Waals surface area contributed by atoms with E-state index >= 15 is 0 Å². The molecule has 2 N–H and O–H groups in total. The maximum Gasteiger partial charge on any atom is 0.0459 e. The lowest BCUT2D eigenvalue weighted by Gasteiger charge is -2.23. The summed E-state index contributed by atoms with van der Waals surface area (Å²) in [6.07, 6.45) is 3.54. The molecule has 1 aliphatic rings. The van der Waals surface area contributed by atoms with E-state index in [1.807, 2.05) is 0 Å². The number of likely N-dealkylation sites (N-methyl/N-ethyl adjacent to an activating group) is 1. The van der Waals surface area contributed by atoms with Gasteiger partial charge in [0.15, 0.2) is 0 Å². The van der Waals surface area contributed by atoms with Gasteiger partial charge in [-0.15, -0.1) is 0 Å². The molecule has 0 unspecified atom stereocenters. The number of hydrogen-bond acceptors (Lipinski definition) is 3. The first-order chi connectivity index (χ1) is 9.20. The molecular formula is C15H24ClN3. The van der Waals surface area contributed by atoms with Crippen molar-refractivity contribution in [3.8, 4) is 0 Å². The van der Waals surface area contributed by atoms with Crippen molar-refractivity contribution >= 4 is 17.3 Å². The van der Waals surface area contributed by atoms with E-state index in [4.69, 9.17) is 17.3 Å². The summed E-state index contributed by atoms with van der Waals surface area (Å²) in [6, 6.07) is 6.29. The van der Waals surface area contributed by atoms with Gasteiger partial charge in [-0.3, -0.25) is 0 Å². The van der Waals surface area contributed by atoms with E-state index in [9.17, 15) is 0 Å². The van der Waals surface area contributed by atoms with E-state index in [0.29, 0.717) is 6.54 Å². The molecule has 1 saturated heterocycles. The third-order valence-electron chi connectivity index (χ3n) is 3.84. The van der Waals surface area contributed by atoms with E-state index in [1.165, 1.54) is 31.6 Å². The molecule has 0 spiro atoms. The van der Waals surface area contributed by atoms with Crippen molar-refractivity contribution in [2.24, 2.45) is 5.73 Å². The number of benzene rings is 1. The Morgan fingerprint density at radius 3 is 2.68 bits per heavy atom. The van der Waals surface area contributed by atoms with Gasteiger partial charge < -0.3 is 15.5 Å². The van der Waals surface area contributed by atoms with Gasteiger partial charge in [-0.1, -0.05) is 17.7 Å². The van der Waals surface area contributed by atoms with Gasteiger partial charge in [-0.05, 0) is 56.6 Å². The van der Waals surface area contributed by atoms with E-state index in [0.717, 1.165) is 30.1 Å². The number of nitrogens with zero attached hydrogens (tertiary/aromatic N) is 2. The zero-order chi connectivity index (χ0) is 13.7. The molecule has 0 atom stereocenters. The summed E-state index contributed by atoms with van der Waals surface area (Å²) in [5, 5.41) is 0.830. The second kappa shape index (κ2) is 7.13. The van der Waals surface area contributed by atoms with Crippen molar-refractivity contribution in [3.63, 3.8) is 0 Å². The molecule has 1 aromatic carbocycles. The first-order valence-electron chi connectivity index (χ1n) is 7.12. The van der Waals surface area contributed by atoms with Gasteiger partial charge in [0.25, 0.3) is 0 Å². The summed E-state index contributed by atoms with van der Waals surface area (Å²) in [5.41, 5.74) is 7.90. The summed E-state index contributed by atoms with van der Waals surface area (Å²) in [5.74, 6) is 0. The molecule has 1 fully saturated rings. The first-order valence-corrected chi connectivity index (χ1v) is 7.50. The van der Waals surface area contributed by atoms with E-state index < -0.39 is 0 Å². The highest BCUT2D eigenvalue weighted by Gasteiger charge is 2.12. The lowest BCUT2D eigenvalue weighted by molar-refractivity contribution is 0.346. The highest BCUT2D eigenvalue weighted by atomic mass is 35.5. The molecule has 0 bridgehead atoms. The van der Waals surface area contributed by atoms with Gasteiger partial charge in [0.1, 0.15) is 0 Å². The van der Waals surface area contributed by atoms with Gasteiger partial charge in [0.2, 0.25) is 0 Å². The summed E-state index contributed by atoms with van der Waals surface area (Å²) in [7, 11) is 2.13. The Hall–Kier alpha value is -0.770. The zero-order valence-corrected chi connectivity index (χ0v) is 12.5. The van der Waals surface area contributed by atoms with E-state index in [-0.39, 0.29) is 0 Å². The minimum atomic E-state index is 0.643. The lowest BCUT2D eigenvalue weighted by Crippen LogP contribution is -2.31. The van der Waals surface area contributed by atoms with Crippen LogP contribution in [0.25, 0.3) is 0 Å². The van der Waals surface area contributed by atoms with Crippen molar-refractivity contribution in [2.75, 3.05) is 44.7 Å². The van der Waals surface area contributed by atoms with Gasteiger partial charge >= 0.3 is 0 Å². The Kier molecular flexibility index (Phi) is 5.49. The number of halogens is 1. The minimum absolute atomic E-state index is 0.643. The fourth-order valence-electron chi connectivity index (χ4n) is 2.56. The summed E-state index contributed by atoms with van der Waals surface area (Å²) >= 11 is 6.29. The van der Waals surface area contributed by atoms with E-state index in [2.05, 4.69) is 35.0 Å². The van der Waals surface area contributed by atoms with Crippen LogP contribution in [0.5, 0.6) is 0 Å². The second-order valence-corrected chi connectivity index (χ2v) is 5.69. The molecular weight excluding hydrogens is 258 g/mol. The third kappa shape index (κ3) is 4.10. The Balaban J connectivity index is 1.90. The number of likely N-dealkylation sites (tertiary alicyclic amines) is 1. The SMILES string of the molecule is CN(CCN1CCCC1)c1ccc(CCN)c(Cl)c1. The van der Waals surface area contributed by atoms with E-state index in [1.54, 1.807) is 0 Å². The molecule has 0 radical (unpaired) electrons. The van der Waals surface area contributed by atoms with Crippen LogP contribution in [0.2, 0.25) is 5.02 Å². The van der Waals surface area contributed by atoms with Crippen molar-refractivity contribution in [2.45, 2.75) is 19.3 Å². The normalized spacial score (nSPS) is 15.9. The van der Waals surface area contributed by atoms with Crippen LogP contribution in [0, 0.1) is 0 Å². The molecule has 0 aromatic heterocycles. The first kappa shape index (κ1) is 14.6. The summed E-state index contributed by atoms with van der Waals surface area (Å²) in [6.45, 7) is 5.34. The van der Waals surface area contributed by atoms with Crippen LogP contribution in [0.4, 0.5) is 5.69 Å². The Morgan fingerprint density at radius 2 is 2.05 bits per heavy atom. The van der Waals surface area contributed by atoms with Crippen molar-refractivity contribution in [1.29, 1.82) is 0 Å². The zero-order valence-electron chi connectivity index (χ0n) is 11.7. The fourth-order valence-corrected chi connectivity index (χ4v) is 2.83. The third-order valence-corrected chi connectivity index (χ3v) is 4.19. The van der Waals surface area contributed by atoms with Crippen LogP contribution in [0.3, 0.4) is 0 Å². The standard InChI is InChI=1S/C15H24ClN3/c1-18(10-11-19-8-2-3-9-19)14-5-4-13(6-7-17)15(16)12-14/h4-5,12H,2-3,6-11,17H2,1H3. The Morgan fingerprint density at radius 1 is 1.32 bits per heavy atom. The number of hydrogen-bond donors (Lipinski definition) is 1. The Bertz CT molecular complexity index is 402. The molecule has 3 nitrogen and oxygen atoms in total. The molecule has 2 rings (SSSR count). The van der Waals surface area contributed by atoms with Crippen molar-refractivity contribution in [3.05, 3.63) is 28.8 Å². The number of rotatable bonds is 6. The lowest BCUT2D eigenvalue weighted by atomic mass is 10.1. The highest BCUT2D eigenvalue weighted by molar-refractivity contribution is 6.31. The average Bonchev–Trinajstić information content (AvgIpc) is 2.91. The maximum absolute atomic E-state index is 6.29. The number of nitrogens with two attached hydrogens (primary N) is 1. The average molecular weight is 282 g/mol. The van der Waals surface area contributed by atoms with Crippen LogP contribution < -0.4 is 10.6 Å². The second-order valence-electron chi connectivity index (χ2n) is 5.28. The van der Waals surface area contributed by atoms with Crippen LogP contribution in [0.15, 0.2) is 18.2 Å². The summed E-state index contributed by atoms with van der Waals surface area (Å²) < 4.78 is 0. The predicted octanol–water partition coefficient (Wildman–Crippen LogP) is 2.37. The monoisotopic (exact) mass is 281 g/mol. The van der Waals surface area contributed by atoms with Gasteiger partial charge in [0.05, 0.1) is 0 Å². The van der Waals surface area contributed by atoms with Crippen molar-refractivity contribution in [1.82, 2.24) is 4.90 Å². The topological polar surface area (TPSA) is 32.5 Å². The van der Waals surface area contributed by atoms with Crippen LogP contribution in [-0.4, -0.2) is 44.7 Å². The highest BCUT2D eigenvalue weighted by Crippen LogP contribution is 2.23. The largest absolute Gasteiger partial charge is 0.373 e. The quantitative estimate of drug-likeness (QED) is 0.869. The van der Waals surface area contributed by atoms with Crippen LogP contribution in [0.1, 0.15) is 18.4 Å². The van der Waals surface area contributed by atoms with Crippen LogP contribution in [-0.2, 0) is 6.42 Å². The maximum atomic E-state index is 6.29. The summed E-state index contributed by atoms with van der Waals surface area (Å²) in [4.78, 5) is 4.80. The van der Waals surface area contributed by atoms with Gasteiger partial charge in [-0.25, -0.2) is 0 Å². The van der Waals surface area contributed by atoms with Gasteiger partial charge in [0, 0.05) is 30.8 Å². The number of anilines is 1.